The largest absolute Gasteiger partial charge is 0.354 e. The van der Waals surface area contributed by atoms with E-state index in [1.807, 2.05) is 6.92 Å². The van der Waals surface area contributed by atoms with Gasteiger partial charge in [0.2, 0.25) is 15.9 Å². The molecule has 1 amide bonds. The van der Waals surface area contributed by atoms with Crippen molar-refractivity contribution in [1.29, 1.82) is 0 Å². The van der Waals surface area contributed by atoms with Gasteiger partial charge in [0, 0.05) is 11.6 Å². The molecule has 1 N–H and O–H groups in total. The molecule has 0 aromatic heterocycles. The van der Waals surface area contributed by atoms with Crippen LogP contribution in [0.5, 0.6) is 0 Å². The van der Waals surface area contributed by atoms with E-state index in [4.69, 9.17) is 11.6 Å². The molecule has 1 atom stereocenters. The first-order valence-electron chi connectivity index (χ1n) is 6.30. The fourth-order valence-electron chi connectivity index (χ4n) is 1.79. The van der Waals surface area contributed by atoms with E-state index in [-0.39, 0.29) is 5.91 Å². The van der Waals surface area contributed by atoms with Crippen molar-refractivity contribution in [3.8, 4) is 0 Å². The number of amides is 1. The summed E-state index contributed by atoms with van der Waals surface area (Å²) in [5, 5.41) is 3.20. The van der Waals surface area contributed by atoms with Crippen LogP contribution in [0.25, 0.3) is 0 Å². The van der Waals surface area contributed by atoms with Crippen molar-refractivity contribution in [2.45, 2.75) is 26.3 Å². The zero-order valence-electron chi connectivity index (χ0n) is 11.8. The number of nitrogens with zero attached hydrogens (tertiary/aromatic N) is 1. The third-order valence-corrected chi connectivity index (χ3v) is 4.21. The molecule has 0 fully saturated rings. The summed E-state index contributed by atoms with van der Waals surface area (Å²) in [6, 6.07) is 5.51. The maximum Gasteiger partial charge on any atom is 0.243 e. The van der Waals surface area contributed by atoms with E-state index >= 15 is 0 Å². The van der Waals surface area contributed by atoms with Gasteiger partial charge in [-0.3, -0.25) is 9.10 Å². The minimum absolute atomic E-state index is 0.327. The Hall–Kier alpha value is -1.27. The molecular weight excluding hydrogens is 300 g/mol. The number of carbonyl (C=O) groups excluding carboxylic acids is 1. The molecule has 0 bridgehead atoms. The molecule has 0 aliphatic rings. The van der Waals surface area contributed by atoms with Gasteiger partial charge in [-0.05, 0) is 37.6 Å². The maximum absolute atomic E-state index is 12.0. The molecule has 1 aromatic carbocycles. The predicted octanol–water partition coefficient (Wildman–Crippen LogP) is 2.02. The monoisotopic (exact) mass is 318 g/mol. The van der Waals surface area contributed by atoms with E-state index in [0.29, 0.717) is 17.3 Å². The third-order valence-electron chi connectivity index (χ3n) is 2.72. The van der Waals surface area contributed by atoms with E-state index < -0.39 is 16.1 Å². The normalized spacial score (nSPS) is 12.8. The summed E-state index contributed by atoms with van der Waals surface area (Å²) in [5.41, 5.74) is 0.413. The van der Waals surface area contributed by atoms with E-state index in [1.165, 1.54) is 0 Å². The Morgan fingerprint density at radius 2 is 1.90 bits per heavy atom. The molecule has 1 rings (SSSR count). The average Bonchev–Trinajstić information content (AvgIpc) is 2.36. The van der Waals surface area contributed by atoms with Crippen molar-refractivity contribution in [3.63, 3.8) is 0 Å². The topological polar surface area (TPSA) is 66.5 Å². The van der Waals surface area contributed by atoms with Gasteiger partial charge >= 0.3 is 0 Å². The second-order valence-corrected chi connectivity index (χ2v) is 6.80. The summed E-state index contributed by atoms with van der Waals surface area (Å²) in [4.78, 5) is 12.0. The molecular formula is C13H19ClN2O3S. The van der Waals surface area contributed by atoms with Crippen LogP contribution in [0.2, 0.25) is 5.02 Å². The number of nitrogens with one attached hydrogen (secondary N) is 1. The van der Waals surface area contributed by atoms with Crippen molar-refractivity contribution < 1.29 is 13.2 Å². The highest BCUT2D eigenvalue weighted by Gasteiger charge is 2.28. The summed E-state index contributed by atoms with van der Waals surface area (Å²) in [5.74, 6) is -0.327. The molecule has 5 nitrogen and oxygen atoms in total. The van der Waals surface area contributed by atoms with Crippen LogP contribution in [0, 0.1) is 0 Å². The molecule has 0 radical (unpaired) electrons. The number of hydrogen-bond donors (Lipinski definition) is 1. The Kier molecular flexibility index (Phi) is 5.83. The molecule has 7 heteroatoms. The van der Waals surface area contributed by atoms with Crippen molar-refractivity contribution in [1.82, 2.24) is 5.32 Å². The van der Waals surface area contributed by atoms with Crippen LogP contribution in [0.15, 0.2) is 24.3 Å². The van der Waals surface area contributed by atoms with E-state index in [9.17, 15) is 13.2 Å². The lowest BCUT2D eigenvalue weighted by atomic mass is 10.2. The van der Waals surface area contributed by atoms with Crippen molar-refractivity contribution in [2.75, 3.05) is 17.1 Å². The van der Waals surface area contributed by atoms with Crippen molar-refractivity contribution in [2.24, 2.45) is 0 Å². The Morgan fingerprint density at radius 1 is 1.35 bits per heavy atom. The molecule has 0 saturated carbocycles. The van der Waals surface area contributed by atoms with Gasteiger partial charge < -0.3 is 5.32 Å². The molecule has 0 unspecified atom stereocenters. The van der Waals surface area contributed by atoms with Crippen LogP contribution in [0.4, 0.5) is 5.69 Å². The molecule has 20 heavy (non-hydrogen) atoms. The molecule has 0 heterocycles. The number of rotatable bonds is 6. The first kappa shape index (κ1) is 16.8. The summed E-state index contributed by atoms with van der Waals surface area (Å²) in [6.07, 6.45) is 1.86. The highest BCUT2D eigenvalue weighted by molar-refractivity contribution is 7.92. The standard InChI is InChI=1S/C13H19ClN2O3S/c1-4-9-15-13(17)10(2)16(20(3,18)19)12-7-5-11(14)6-8-12/h5-8,10H,4,9H2,1-3H3,(H,15,17)/t10-/m0/s1. The zero-order valence-corrected chi connectivity index (χ0v) is 13.3. The molecule has 112 valence electrons. The fraction of sp³-hybridized carbons (Fsp3) is 0.462. The second-order valence-electron chi connectivity index (χ2n) is 4.50. The van der Waals surface area contributed by atoms with Crippen LogP contribution >= 0.6 is 11.6 Å². The van der Waals surface area contributed by atoms with Gasteiger partial charge in [0.05, 0.1) is 11.9 Å². The van der Waals surface area contributed by atoms with Crippen molar-refractivity contribution in [3.05, 3.63) is 29.3 Å². The second kappa shape index (κ2) is 6.95. The molecule has 0 spiro atoms. The number of anilines is 1. The Morgan fingerprint density at radius 3 is 2.35 bits per heavy atom. The van der Waals surface area contributed by atoms with Crippen LogP contribution in [0.1, 0.15) is 20.3 Å². The van der Waals surface area contributed by atoms with E-state index in [0.717, 1.165) is 17.0 Å². The van der Waals surface area contributed by atoms with Crippen molar-refractivity contribution >= 4 is 33.2 Å². The highest BCUT2D eigenvalue weighted by Crippen LogP contribution is 2.22. The smallest absolute Gasteiger partial charge is 0.243 e. The number of carbonyl (C=O) groups is 1. The van der Waals surface area contributed by atoms with Crippen LogP contribution < -0.4 is 9.62 Å². The molecule has 1 aromatic rings. The van der Waals surface area contributed by atoms with E-state index in [2.05, 4.69) is 5.32 Å². The fourth-order valence-corrected chi connectivity index (χ4v) is 3.09. The third kappa shape index (κ3) is 4.38. The first-order valence-corrected chi connectivity index (χ1v) is 8.52. The molecule has 0 saturated heterocycles. The predicted molar refractivity (Wildman–Crippen MR) is 81.5 cm³/mol. The van der Waals surface area contributed by atoms with Gasteiger partial charge in [-0.1, -0.05) is 18.5 Å². The lowest BCUT2D eigenvalue weighted by Crippen LogP contribution is -2.48. The van der Waals surface area contributed by atoms with Gasteiger partial charge in [-0.25, -0.2) is 8.42 Å². The van der Waals surface area contributed by atoms with Gasteiger partial charge in [0.25, 0.3) is 0 Å². The highest BCUT2D eigenvalue weighted by atomic mass is 35.5. The molecule has 0 aliphatic carbocycles. The quantitative estimate of drug-likeness (QED) is 0.872. The van der Waals surface area contributed by atoms with Crippen LogP contribution in [0.3, 0.4) is 0 Å². The summed E-state index contributed by atoms with van der Waals surface area (Å²) in [6.45, 7) is 4.00. The minimum atomic E-state index is -3.57. The Labute approximate surface area is 125 Å². The van der Waals surface area contributed by atoms with Crippen LogP contribution in [-0.4, -0.2) is 33.2 Å². The summed E-state index contributed by atoms with van der Waals surface area (Å²) >= 11 is 5.79. The minimum Gasteiger partial charge on any atom is -0.354 e. The van der Waals surface area contributed by atoms with Gasteiger partial charge in [0.1, 0.15) is 6.04 Å². The number of sulfonamides is 1. The zero-order chi connectivity index (χ0) is 15.3. The van der Waals surface area contributed by atoms with Gasteiger partial charge in [-0.2, -0.15) is 0 Å². The number of hydrogen-bond acceptors (Lipinski definition) is 3. The van der Waals surface area contributed by atoms with Gasteiger partial charge in [-0.15, -0.1) is 0 Å². The summed E-state index contributed by atoms with van der Waals surface area (Å²) < 4.78 is 25.0. The lowest BCUT2D eigenvalue weighted by molar-refractivity contribution is -0.121. The van der Waals surface area contributed by atoms with Gasteiger partial charge in [0.15, 0.2) is 0 Å². The first-order chi connectivity index (χ1) is 9.27. The maximum atomic E-state index is 12.0. The van der Waals surface area contributed by atoms with E-state index in [1.54, 1.807) is 31.2 Å². The summed E-state index contributed by atoms with van der Waals surface area (Å²) in [7, 11) is -3.57. The SMILES string of the molecule is CCCNC(=O)[C@H](C)N(c1ccc(Cl)cc1)S(C)(=O)=O. The lowest BCUT2D eigenvalue weighted by Gasteiger charge is -2.28. The Bertz CT molecular complexity index is 557. The molecule has 0 aliphatic heterocycles. The average molecular weight is 319 g/mol. The number of benzene rings is 1. The number of halogens is 1. The van der Waals surface area contributed by atoms with Crippen LogP contribution in [-0.2, 0) is 14.8 Å². The Balaban J connectivity index is 3.08.